The molecular formula is C18H16BrN7O2. The zero-order valence-electron chi connectivity index (χ0n) is 15.2. The van der Waals surface area contributed by atoms with Gasteiger partial charge in [-0.1, -0.05) is 12.1 Å². The Morgan fingerprint density at radius 1 is 1.14 bits per heavy atom. The summed E-state index contributed by atoms with van der Waals surface area (Å²) in [7, 11) is 1.56. The first-order chi connectivity index (χ1) is 13.5. The smallest absolute Gasteiger partial charge is 0.368 e. The second-order valence-corrected chi connectivity index (χ2v) is 7.01. The molecule has 0 aliphatic carbocycles. The molecule has 0 aliphatic heterocycles. The second kappa shape index (κ2) is 7.39. The number of aromatic nitrogens is 7. The lowest BCUT2D eigenvalue weighted by Crippen LogP contribution is -2.23. The molecule has 0 saturated heterocycles. The van der Waals surface area contributed by atoms with E-state index in [4.69, 9.17) is 4.74 Å². The van der Waals surface area contributed by atoms with Gasteiger partial charge in [-0.15, -0.1) is 5.10 Å². The highest BCUT2D eigenvalue weighted by atomic mass is 79.9. The zero-order chi connectivity index (χ0) is 19.7. The molecule has 0 aliphatic rings. The van der Waals surface area contributed by atoms with Crippen LogP contribution in [-0.2, 0) is 13.7 Å². The van der Waals surface area contributed by atoms with Gasteiger partial charge in [-0.2, -0.15) is 9.36 Å². The molecule has 28 heavy (non-hydrogen) atoms. The predicted molar refractivity (Wildman–Crippen MR) is 105 cm³/mol. The van der Waals surface area contributed by atoms with Crippen molar-refractivity contribution in [1.82, 2.24) is 34.6 Å². The fourth-order valence-corrected chi connectivity index (χ4v) is 2.93. The standard InChI is InChI=1S/C18H16BrN7O2/c1-12-4-3-5-15(26-18(27)24(2)22-23-26)14(12)11-28-17-8-9-25(21-17)16-7-6-13(19)10-20-16/h3-10H,11H2,1-2H3. The van der Waals surface area contributed by atoms with Crippen molar-refractivity contribution in [1.29, 1.82) is 0 Å². The first-order valence-electron chi connectivity index (χ1n) is 8.41. The van der Waals surface area contributed by atoms with Crippen molar-refractivity contribution in [3.8, 4) is 17.4 Å². The third-order valence-electron chi connectivity index (χ3n) is 4.21. The Balaban J connectivity index is 1.58. The summed E-state index contributed by atoms with van der Waals surface area (Å²) in [5, 5.41) is 12.1. The van der Waals surface area contributed by atoms with Crippen LogP contribution in [-0.4, -0.2) is 34.6 Å². The molecule has 0 spiro atoms. The van der Waals surface area contributed by atoms with E-state index in [0.29, 0.717) is 17.4 Å². The lowest BCUT2D eigenvalue weighted by atomic mass is 10.1. The molecule has 1 aromatic carbocycles. The van der Waals surface area contributed by atoms with Crippen LogP contribution in [0.1, 0.15) is 11.1 Å². The van der Waals surface area contributed by atoms with Crippen molar-refractivity contribution < 1.29 is 4.74 Å². The second-order valence-electron chi connectivity index (χ2n) is 6.09. The number of aryl methyl sites for hydroxylation is 2. The van der Waals surface area contributed by atoms with Crippen molar-refractivity contribution in [2.75, 3.05) is 0 Å². The molecule has 10 heteroatoms. The molecule has 0 saturated carbocycles. The molecule has 0 fully saturated rings. The van der Waals surface area contributed by atoms with E-state index < -0.39 is 0 Å². The zero-order valence-corrected chi connectivity index (χ0v) is 16.7. The maximum absolute atomic E-state index is 12.2. The average molecular weight is 442 g/mol. The maximum Gasteiger partial charge on any atom is 0.368 e. The minimum Gasteiger partial charge on any atom is -0.472 e. The van der Waals surface area contributed by atoms with Crippen LogP contribution >= 0.6 is 15.9 Å². The Kier molecular flexibility index (Phi) is 4.78. The van der Waals surface area contributed by atoms with Crippen molar-refractivity contribution in [2.45, 2.75) is 13.5 Å². The number of rotatable bonds is 5. The Morgan fingerprint density at radius 2 is 2.00 bits per heavy atom. The fraction of sp³-hybridized carbons (Fsp3) is 0.167. The van der Waals surface area contributed by atoms with Crippen molar-refractivity contribution in [2.24, 2.45) is 7.05 Å². The van der Waals surface area contributed by atoms with E-state index in [1.165, 1.54) is 9.36 Å². The number of hydrogen-bond donors (Lipinski definition) is 0. The molecule has 3 aromatic heterocycles. The Bertz CT molecular complexity index is 1180. The lowest BCUT2D eigenvalue weighted by Gasteiger charge is -2.11. The average Bonchev–Trinajstić information content (AvgIpc) is 3.29. The Morgan fingerprint density at radius 3 is 2.71 bits per heavy atom. The van der Waals surface area contributed by atoms with Gasteiger partial charge in [-0.05, 0) is 57.0 Å². The molecule has 0 amide bonds. The van der Waals surface area contributed by atoms with Crippen LogP contribution in [0.2, 0.25) is 0 Å². The van der Waals surface area contributed by atoms with Crippen LogP contribution in [0.3, 0.4) is 0 Å². The van der Waals surface area contributed by atoms with Crippen LogP contribution in [0, 0.1) is 6.92 Å². The maximum atomic E-state index is 12.2. The largest absolute Gasteiger partial charge is 0.472 e. The summed E-state index contributed by atoms with van der Waals surface area (Å²) >= 11 is 3.36. The number of halogens is 1. The summed E-state index contributed by atoms with van der Waals surface area (Å²) in [6.45, 7) is 2.18. The number of ether oxygens (including phenoxy) is 1. The molecule has 0 atom stereocenters. The summed E-state index contributed by atoms with van der Waals surface area (Å²) in [4.78, 5) is 16.5. The molecule has 142 valence electrons. The molecule has 3 heterocycles. The molecule has 0 unspecified atom stereocenters. The van der Waals surface area contributed by atoms with E-state index in [9.17, 15) is 4.79 Å². The van der Waals surface area contributed by atoms with Crippen LogP contribution in [0.5, 0.6) is 5.88 Å². The van der Waals surface area contributed by atoms with E-state index >= 15 is 0 Å². The van der Waals surface area contributed by atoms with E-state index in [-0.39, 0.29) is 12.3 Å². The molecule has 4 aromatic rings. The SMILES string of the molecule is Cc1cccc(-n2nnn(C)c2=O)c1COc1ccn(-c2ccc(Br)cn2)n1. The topological polar surface area (TPSA) is 92.7 Å². The summed E-state index contributed by atoms with van der Waals surface area (Å²) in [5.74, 6) is 1.13. The quantitative estimate of drug-likeness (QED) is 0.471. The normalized spacial score (nSPS) is 11.0. The van der Waals surface area contributed by atoms with Crippen LogP contribution in [0.4, 0.5) is 0 Å². The lowest BCUT2D eigenvalue weighted by molar-refractivity contribution is 0.290. The number of tetrazole rings is 1. The van der Waals surface area contributed by atoms with Gasteiger partial charge in [0.05, 0.1) is 5.69 Å². The van der Waals surface area contributed by atoms with Gasteiger partial charge in [0.25, 0.3) is 0 Å². The summed E-state index contributed by atoms with van der Waals surface area (Å²) in [6, 6.07) is 11.1. The van der Waals surface area contributed by atoms with E-state index in [0.717, 1.165) is 15.6 Å². The first kappa shape index (κ1) is 18.1. The number of benzene rings is 1. The van der Waals surface area contributed by atoms with Gasteiger partial charge in [0, 0.05) is 35.5 Å². The van der Waals surface area contributed by atoms with Crippen molar-refractivity contribution >= 4 is 15.9 Å². The van der Waals surface area contributed by atoms with Gasteiger partial charge in [-0.3, -0.25) is 0 Å². The van der Waals surface area contributed by atoms with Crippen LogP contribution in [0.25, 0.3) is 11.5 Å². The summed E-state index contributed by atoms with van der Waals surface area (Å²) in [5.41, 5.74) is 2.12. The van der Waals surface area contributed by atoms with Gasteiger partial charge in [0.1, 0.15) is 6.61 Å². The highest BCUT2D eigenvalue weighted by Gasteiger charge is 2.14. The van der Waals surface area contributed by atoms with E-state index in [1.54, 1.807) is 30.2 Å². The van der Waals surface area contributed by atoms with Gasteiger partial charge in [0.2, 0.25) is 5.88 Å². The first-order valence-corrected chi connectivity index (χ1v) is 9.20. The summed E-state index contributed by atoms with van der Waals surface area (Å²) < 4.78 is 10.8. The number of pyridine rings is 1. The van der Waals surface area contributed by atoms with Gasteiger partial charge in [-0.25, -0.2) is 14.5 Å². The third-order valence-corrected chi connectivity index (χ3v) is 4.68. The van der Waals surface area contributed by atoms with Crippen LogP contribution in [0.15, 0.2) is 58.1 Å². The van der Waals surface area contributed by atoms with E-state index in [2.05, 4.69) is 36.4 Å². The monoisotopic (exact) mass is 441 g/mol. The van der Waals surface area contributed by atoms with E-state index in [1.807, 2.05) is 37.3 Å². The minimum atomic E-state index is -0.322. The molecule has 0 N–H and O–H groups in total. The minimum absolute atomic E-state index is 0.232. The van der Waals surface area contributed by atoms with Crippen molar-refractivity contribution in [3.63, 3.8) is 0 Å². The van der Waals surface area contributed by atoms with Gasteiger partial charge >= 0.3 is 5.69 Å². The predicted octanol–water partition coefficient (Wildman–Crippen LogP) is 2.20. The number of hydrogen-bond acceptors (Lipinski definition) is 6. The molecule has 0 bridgehead atoms. The third kappa shape index (κ3) is 3.46. The Hall–Kier alpha value is -3.27. The van der Waals surface area contributed by atoms with Crippen molar-refractivity contribution in [3.05, 3.63) is 74.9 Å². The van der Waals surface area contributed by atoms with Gasteiger partial charge in [0.15, 0.2) is 5.82 Å². The fourth-order valence-electron chi connectivity index (χ4n) is 2.70. The highest BCUT2D eigenvalue weighted by Crippen LogP contribution is 2.20. The molecular weight excluding hydrogens is 426 g/mol. The molecule has 9 nitrogen and oxygen atoms in total. The molecule has 0 radical (unpaired) electrons. The molecule has 4 rings (SSSR count). The van der Waals surface area contributed by atoms with Crippen LogP contribution < -0.4 is 10.4 Å². The van der Waals surface area contributed by atoms with Gasteiger partial charge < -0.3 is 4.74 Å². The summed E-state index contributed by atoms with van der Waals surface area (Å²) in [6.07, 6.45) is 3.48. The Labute approximate surface area is 168 Å². The highest BCUT2D eigenvalue weighted by molar-refractivity contribution is 9.10. The number of nitrogens with zero attached hydrogens (tertiary/aromatic N) is 7.